The second-order valence-electron chi connectivity index (χ2n) is 7.64. The van der Waals surface area contributed by atoms with Crippen molar-refractivity contribution in [1.82, 2.24) is 15.1 Å². The van der Waals surface area contributed by atoms with Crippen LogP contribution >= 0.6 is 0 Å². The molecule has 1 aromatic heterocycles. The van der Waals surface area contributed by atoms with Gasteiger partial charge in [0.15, 0.2) is 0 Å². The number of nitrogens with zero attached hydrogens (tertiary/aromatic N) is 3. The minimum Gasteiger partial charge on any atom is -0.343 e. The Balaban J connectivity index is 1.75. The smallest absolute Gasteiger partial charge is 0.312 e. The summed E-state index contributed by atoms with van der Waals surface area (Å²) >= 11 is 0. The molecule has 0 aliphatic rings. The summed E-state index contributed by atoms with van der Waals surface area (Å²) in [7, 11) is 0. The Hall–Kier alpha value is -3.48. The Labute approximate surface area is 175 Å². The van der Waals surface area contributed by atoms with Crippen molar-refractivity contribution in [2.45, 2.75) is 46.2 Å². The highest BCUT2D eigenvalue weighted by Crippen LogP contribution is 2.25. The van der Waals surface area contributed by atoms with E-state index in [9.17, 15) is 14.9 Å². The first-order valence-corrected chi connectivity index (χ1v) is 9.90. The third-order valence-electron chi connectivity index (χ3n) is 5.58. The van der Waals surface area contributed by atoms with Crippen molar-refractivity contribution in [3.8, 4) is 0 Å². The number of nitro groups is 1. The number of benzene rings is 2. The van der Waals surface area contributed by atoms with Crippen LogP contribution < -0.4 is 5.32 Å². The van der Waals surface area contributed by atoms with Gasteiger partial charge in [0.2, 0.25) is 0 Å². The molecule has 1 unspecified atom stereocenters. The number of hydrogen-bond donors (Lipinski definition) is 1. The van der Waals surface area contributed by atoms with Crippen molar-refractivity contribution in [3.05, 3.63) is 92.8 Å². The van der Waals surface area contributed by atoms with Crippen LogP contribution in [0.15, 0.2) is 54.6 Å². The van der Waals surface area contributed by atoms with Gasteiger partial charge < -0.3 is 5.32 Å². The maximum Gasteiger partial charge on any atom is 0.312 e. The van der Waals surface area contributed by atoms with Crippen LogP contribution in [0.1, 0.15) is 53.1 Å². The van der Waals surface area contributed by atoms with Crippen LogP contribution in [0.3, 0.4) is 0 Å². The number of aryl methyl sites for hydroxylation is 1. The van der Waals surface area contributed by atoms with Gasteiger partial charge in [0, 0.05) is 5.56 Å². The fourth-order valence-corrected chi connectivity index (χ4v) is 3.53. The molecule has 2 aromatic carbocycles. The Morgan fingerprint density at radius 1 is 1.13 bits per heavy atom. The van der Waals surface area contributed by atoms with E-state index in [1.807, 2.05) is 56.3 Å². The third-order valence-corrected chi connectivity index (χ3v) is 5.58. The molecule has 30 heavy (non-hydrogen) atoms. The van der Waals surface area contributed by atoms with Gasteiger partial charge in [0.25, 0.3) is 5.91 Å². The molecule has 0 saturated carbocycles. The SMILES string of the molecule is CCC(C)(NC(=O)c1ccc(Cn2nc(C)c([N+](=O)[O-])c2C)cc1)c1ccccc1. The van der Waals surface area contributed by atoms with Gasteiger partial charge in [-0.15, -0.1) is 0 Å². The summed E-state index contributed by atoms with van der Waals surface area (Å²) in [4.78, 5) is 23.6. The maximum atomic E-state index is 12.8. The van der Waals surface area contributed by atoms with Crippen LogP contribution in [0, 0.1) is 24.0 Å². The third kappa shape index (κ3) is 4.25. The summed E-state index contributed by atoms with van der Waals surface area (Å²) in [6.07, 6.45) is 0.761. The molecule has 1 heterocycles. The Morgan fingerprint density at radius 2 is 1.77 bits per heavy atom. The van der Waals surface area contributed by atoms with E-state index < -0.39 is 10.5 Å². The van der Waals surface area contributed by atoms with Crippen LogP contribution in [0.2, 0.25) is 0 Å². The zero-order valence-corrected chi connectivity index (χ0v) is 17.7. The number of nitrogens with one attached hydrogen (secondary N) is 1. The minimum atomic E-state index is -0.459. The molecular formula is C23H26N4O3. The lowest BCUT2D eigenvalue weighted by atomic mass is 9.89. The summed E-state index contributed by atoms with van der Waals surface area (Å²) in [5.41, 5.74) is 3.03. The number of hydrogen-bond acceptors (Lipinski definition) is 4. The van der Waals surface area contributed by atoms with E-state index in [4.69, 9.17) is 0 Å². The molecule has 7 nitrogen and oxygen atoms in total. The largest absolute Gasteiger partial charge is 0.343 e. The van der Waals surface area contributed by atoms with Gasteiger partial charge in [-0.05, 0) is 50.5 Å². The molecule has 0 bridgehead atoms. The number of carbonyl (C=O) groups excluding carboxylic acids is 1. The molecule has 1 amide bonds. The first-order chi connectivity index (χ1) is 14.2. The van der Waals surface area contributed by atoms with Crippen molar-refractivity contribution in [2.24, 2.45) is 0 Å². The lowest BCUT2D eigenvalue weighted by Gasteiger charge is -2.30. The van der Waals surface area contributed by atoms with Gasteiger partial charge in [-0.1, -0.05) is 49.4 Å². The molecule has 1 atom stereocenters. The van der Waals surface area contributed by atoms with Gasteiger partial charge >= 0.3 is 5.69 Å². The number of aromatic nitrogens is 2. The van der Waals surface area contributed by atoms with Crippen LogP contribution in [0.4, 0.5) is 5.69 Å². The van der Waals surface area contributed by atoms with E-state index in [1.54, 1.807) is 30.7 Å². The molecule has 0 spiro atoms. The van der Waals surface area contributed by atoms with E-state index in [2.05, 4.69) is 10.4 Å². The first-order valence-electron chi connectivity index (χ1n) is 9.90. The second-order valence-corrected chi connectivity index (χ2v) is 7.64. The maximum absolute atomic E-state index is 12.8. The van der Waals surface area contributed by atoms with Crippen molar-refractivity contribution < 1.29 is 9.72 Å². The molecule has 3 rings (SSSR count). The molecule has 0 fully saturated rings. The van der Waals surface area contributed by atoms with Crippen molar-refractivity contribution >= 4 is 11.6 Å². The average molecular weight is 406 g/mol. The summed E-state index contributed by atoms with van der Waals surface area (Å²) in [5.74, 6) is -0.142. The number of amides is 1. The number of carbonyl (C=O) groups is 1. The van der Waals surface area contributed by atoms with Gasteiger partial charge in [-0.3, -0.25) is 19.6 Å². The molecule has 3 aromatic rings. The van der Waals surface area contributed by atoms with Crippen LogP contribution in [0.25, 0.3) is 0 Å². The van der Waals surface area contributed by atoms with Gasteiger partial charge in [-0.2, -0.15) is 5.10 Å². The summed E-state index contributed by atoms with van der Waals surface area (Å²) < 4.78 is 1.62. The summed E-state index contributed by atoms with van der Waals surface area (Å²) in [6, 6.07) is 17.2. The zero-order chi connectivity index (χ0) is 21.9. The standard InChI is InChI=1S/C23H26N4O3/c1-5-23(4,20-9-7-6-8-10-20)24-22(28)19-13-11-18(12-14-19)15-26-17(3)21(27(29)30)16(2)25-26/h6-14H,5,15H2,1-4H3,(H,24,28). The fraction of sp³-hybridized carbons (Fsp3) is 0.304. The average Bonchev–Trinajstić information content (AvgIpc) is 3.02. The molecule has 0 aliphatic carbocycles. The van der Waals surface area contributed by atoms with Crippen molar-refractivity contribution in [2.75, 3.05) is 0 Å². The molecular weight excluding hydrogens is 380 g/mol. The highest BCUT2D eigenvalue weighted by Gasteiger charge is 2.27. The normalized spacial score (nSPS) is 12.9. The number of rotatable bonds is 7. The van der Waals surface area contributed by atoms with Crippen LogP contribution in [0.5, 0.6) is 0 Å². The minimum absolute atomic E-state index is 0.0470. The van der Waals surface area contributed by atoms with Crippen LogP contribution in [-0.4, -0.2) is 20.6 Å². The highest BCUT2D eigenvalue weighted by atomic mass is 16.6. The Morgan fingerprint density at radius 3 is 2.30 bits per heavy atom. The van der Waals surface area contributed by atoms with Gasteiger partial charge in [0.05, 0.1) is 17.0 Å². The predicted molar refractivity (Wildman–Crippen MR) is 115 cm³/mol. The quantitative estimate of drug-likeness (QED) is 0.462. The lowest BCUT2D eigenvalue weighted by molar-refractivity contribution is -0.386. The molecule has 1 N–H and O–H groups in total. The summed E-state index contributed by atoms with van der Waals surface area (Å²) in [6.45, 7) is 7.79. The first kappa shape index (κ1) is 21.2. The molecule has 7 heteroatoms. The van der Waals surface area contributed by atoms with E-state index in [-0.39, 0.29) is 11.6 Å². The monoisotopic (exact) mass is 406 g/mol. The molecule has 0 aliphatic heterocycles. The Bertz CT molecular complexity index is 1060. The van der Waals surface area contributed by atoms with Crippen molar-refractivity contribution in [1.29, 1.82) is 0 Å². The van der Waals surface area contributed by atoms with Gasteiger partial charge in [0.1, 0.15) is 11.4 Å². The van der Waals surface area contributed by atoms with E-state index in [0.717, 1.165) is 17.5 Å². The van der Waals surface area contributed by atoms with Gasteiger partial charge in [-0.25, -0.2) is 0 Å². The molecule has 0 radical (unpaired) electrons. The van der Waals surface area contributed by atoms with E-state index in [1.165, 1.54) is 0 Å². The topological polar surface area (TPSA) is 90.1 Å². The predicted octanol–water partition coefficient (Wildman–Crippen LogP) is 4.51. The Kier molecular flexibility index (Phi) is 6.01. The lowest BCUT2D eigenvalue weighted by Crippen LogP contribution is -2.43. The fourth-order valence-electron chi connectivity index (χ4n) is 3.53. The second kappa shape index (κ2) is 8.49. The van der Waals surface area contributed by atoms with Crippen molar-refractivity contribution in [3.63, 3.8) is 0 Å². The van der Waals surface area contributed by atoms with E-state index >= 15 is 0 Å². The highest BCUT2D eigenvalue weighted by molar-refractivity contribution is 5.94. The molecule has 156 valence electrons. The van der Waals surface area contributed by atoms with Crippen LogP contribution in [-0.2, 0) is 12.1 Å². The zero-order valence-electron chi connectivity index (χ0n) is 17.7. The summed E-state index contributed by atoms with van der Waals surface area (Å²) in [5, 5.41) is 18.6. The molecule has 0 saturated heterocycles. The van der Waals surface area contributed by atoms with E-state index in [0.29, 0.717) is 23.5 Å².